The van der Waals surface area contributed by atoms with Crippen molar-refractivity contribution in [2.45, 2.75) is 19.9 Å². The van der Waals surface area contributed by atoms with Crippen LogP contribution in [-0.2, 0) is 0 Å². The van der Waals surface area contributed by atoms with Crippen LogP contribution in [0.4, 0.5) is 4.39 Å². The van der Waals surface area contributed by atoms with Crippen molar-refractivity contribution in [3.05, 3.63) is 35.5 Å². The van der Waals surface area contributed by atoms with Gasteiger partial charge in [0, 0.05) is 5.56 Å². The maximum Gasteiger partial charge on any atom is 0.247 e. The van der Waals surface area contributed by atoms with E-state index in [4.69, 9.17) is 4.42 Å². The van der Waals surface area contributed by atoms with Crippen molar-refractivity contribution in [1.82, 2.24) is 15.5 Å². The van der Waals surface area contributed by atoms with E-state index in [0.29, 0.717) is 17.3 Å². The zero-order chi connectivity index (χ0) is 12.4. The molecule has 1 unspecified atom stereocenters. The maximum absolute atomic E-state index is 13.1. The highest BCUT2D eigenvalue weighted by molar-refractivity contribution is 5.53. The van der Waals surface area contributed by atoms with Gasteiger partial charge < -0.3 is 9.73 Å². The van der Waals surface area contributed by atoms with Gasteiger partial charge in [-0.25, -0.2) is 4.39 Å². The van der Waals surface area contributed by atoms with Crippen LogP contribution in [0.3, 0.4) is 0 Å². The third-order valence-corrected chi connectivity index (χ3v) is 2.65. The van der Waals surface area contributed by atoms with Crippen LogP contribution in [0.15, 0.2) is 22.6 Å². The van der Waals surface area contributed by atoms with Gasteiger partial charge in [-0.2, -0.15) is 0 Å². The molecule has 17 heavy (non-hydrogen) atoms. The van der Waals surface area contributed by atoms with Crippen LogP contribution in [-0.4, -0.2) is 17.2 Å². The average molecular weight is 235 g/mol. The lowest BCUT2D eigenvalue weighted by Gasteiger charge is -2.02. The third kappa shape index (κ3) is 2.34. The molecule has 0 bridgehead atoms. The van der Waals surface area contributed by atoms with Crippen molar-refractivity contribution in [3.8, 4) is 11.5 Å². The first-order valence-electron chi connectivity index (χ1n) is 5.39. The highest BCUT2D eigenvalue weighted by atomic mass is 19.1. The van der Waals surface area contributed by atoms with Crippen LogP contribution in [0.2, 0.25) is 0 Å². The summed E-state index contributed by atoms with van der Waals surface area (Å²) in [6.07, 6.45) is 0. The summed E-state index contributed by atoms with van der Waals surface area (Å²) in [5, 5.41) is 10.9. The Balaban J connectivity index is 2.33. The van der Waals surface area contributed by atoms with Crippen molar-refractivity contribution < 1.29 is 8.81 Å². The molecule has 0 saturated heterocycles. The fourth-order valence-corrected chi connectivity index (χ4v) is 1.43. The summed E-state index contributed by atoms with van der Waals surface area (Å²) >= 11 is 0. The molecule has 1 aromatic heterocycles. The van der Waals surface area contributed by atoms with E-state index in [-0.39, 0.29) is 11.9 Å². The molecule has 0 radical (unpaired) electrons. The van der Waals surface area contributed by atoms with Gasteiger partial charge in [0.25, 0.3) is 0 Å². The van der Waals surface area contributed by atoms with Crippen LogP contribution in [0.25, 0.3) is 11.5 Å². The first kappa shape index (κ1) is 11.7. The number of rotatable bonds is 3. The summed E-state index contributed by atoms with van der Waals surface area (Å²) in [4.78, 5) is 0. The van der Waals surface area contributed by atoms with E-state index in [1.54, 1.807) is 19.1 Å². The number of aryl methyl sites for hydroxylation is 1. The topological polar surface area (TPSA) is 51.0 Å². The molecule has 2 rings (SSSR count). The zero-order valence-electron chi connectivity index (χ0n) is 9.99. The van der Waals surface area contributed by atoms with E-state index in [9.17, 15) is 4.39 Å². The molecule has 1 aromatic carbocycles. The molecule has 1 N–H and O–H groups in total. The Hall–Kier alpha value is -1.75. The Morgan fingerprint density at radius 1 is 1.35 bits per heavy atom. The number of aromatic nitrogens is 2. The average Bonchev–Trinajstić information content (AvgIpc) is 2.81. The fourth-order valence-electron chi connectivity index (χ4n) is 1.43. The molecule has 0 aliphatic heterocycles. The summed E-state index contributed by atoms with van der Waals surface area (Å²) < 4.78 is 18.6. The first-order chi connectivity index (χ1) is 8.11. The molecule has 0 fully saturated rings. The molecule has 1 atom stereocenters. The quantitative estimate of drug-likeness (QED) is 0.887. The van der Waals surface area contributed by atoms with Crippen LogP contribution in [0.1, 0.15) is 24.4 Å². The van der Waals surface area contributed by atoms with E-state index < -0.39 is 0 Å². The van der Waals surface area contributed by atoms with E-state index in [0.717, 1.165) is 5.56 Å². The lowest BCUT2D eigenvalue weighted by Crippen LogP contribution is -2.12. The molecule has 0 amide bonds. The normalized spacial score (nSPS) is 12.7. The summed E-state index contributed by atoms with van der Waals surface area (Å²) in [5.74, 6) is 0.687. The van der Waals surface area contributed by atoms with Crippen molar-refractivity contribution in [3.63, 3.8) is 0 Å². The molecule has 0 saturated carbocycles. The fraction of sp³-hybridized carbons (Fsp3) is 0.333. The van der Waals surface area contributed by atoms with Gasteiger partial charge in [-0.1, -0.05) is 0 Å². The van der Waals surface area contributed by atoms with Gasteiger partial charge in [-0.05, 0) is 44.7 Å². The first-order valence-corrected chi connectivity index (χ1v) is 5.39. The van der Waals surface area contributed by atoms with Crippen LogP contribution in [0, 0.1) is 12.7 Å². The number of nitrogens with one attached hydrogen (secondary N) is 1. The summed E-state index contributed by atoms with van der Waals surface area (Å²) in [7, 11) is 1.82. The monoisotopic (exact) mass is 235 g/mol. The van der Waals surface area contributed by atoms with Crippen LogP contribution < -0.4 is 5.32 Å². The second-order valence-electron chi connectivity index (χ2n) is 3.92. The van der Waals surface area contributed by atoms with E-state index in [1.165, 1.54) is 6.07 Å². The van der Waals surface area contributed by atoms with Crippen molar-refractivity contribution in [2.24, 2.45) is 0 Å². The van der Waals surface area contributed by atoms with Crippen molar-refractivity contribution in [1.29, 1.82) is 0 Å². The Morgan fingerprint density at radius 3 is 2.76 bits per heavy atom. The lowest BCUT2D eigenvalue weighted by molar-refractivity contribution is 0.441. The minimum Gasteiger partial charge on any atom is -0.419 e. The molecule has 2 aromatic rings. The molecular formula is C12H14FN3O. The van der Waals surface area contributed by atoms with Gasteiger partial charge >= 0.3 is 0 Å². The van der Waals surface area contributed by atoms with Gasteiger partial charge in [0.15, 0.2) is 0 Å². The number of hydrogen-bond acceptors (Lipinski definition) is 4. The second-order valence-corrected chi connectivity index (χ2v) is 3.92. The molecule has 0 aliphatic carbocycles. The van der Waals surface area contributed by atoms with Gasteiger partial charge in [-0.3, -0.25) is 0 Å². The van der Waals surface area contributed by atoms with Crippen LogP contribution >= 0.6 is 0 Å². The van der Waals surface area contributed by atoms with Gasteiger partial charge in [0.05, 0.1) is 6.04 Å². The smallest absolute Gasteiger partial charge is 0.247 e. The predicted octanol–water partition coefficient (Wildman–Crippen LogP) is 2.46. The number of halogens is 1. The van der Waals surface area contributed by atoms with Gasteiger partial charge in [-0.15, -0.1) is 10.2 Å². The summed E-state index contributed by atoms with van der Waals surface area (Å²) in [5.41, 5.74) is 1.29. The molecule has 0 aliphatic rings. The number of nitrogens with zero attached hydrogens (tertiary/aromatic N) is 2. The Kier molecular flexibility index (Phi) is 3.19. The minimum absolute atomic E-state index is 0.00204. The van der Waals surface area contributed by atoms with E-state index >= 15 is 0 Å². The van der Waals surface area contributed by atoms with Crippen molar-refractivity contribution >= 4 is 0 Å². The molecule has 1 heterocycles. The van der Waals surface area contributed by atoms with Crippen molar-refractivity contribution in [2.75, 3.05) is 7.05 Å². The Morgan fingerprint density at radius 2 is 2.12 bits per heavy atom. The SMILES string of the molecule is CNC(C)c1nnc(-c2ccc(F)c(C)c2)o1. The largest absolute Gasteiger partial charge is 0.419 e. The van der Waals surface area contributed by atoms with Crippen LogP contribution in [0.5, 0.6) is 0 Å². The zero-order valence-corrected chi connectivity index (χ0v) is 9.99. The standard InChI is InChI=1S/C12H14FN3O/c1-7-6-9(4-5-10(7)13)12-16-15-11(17-12)8(2)14-3/h4-6,8,14H,1-3H3. The highest BCUT2D eigenvalue weighted by Gasteiger charge is 2.13. The number of benzene rings is 1. The highest BCUT2D eigenvalue weighted by Crippen LogP contribution is 2.22. The van der Waals surface area contributed by atoms with Gasteiger partial charge in [0.2, 0.25) is 11.8 Å². The molecular weight excluding hydrogens is 221 g/mol. The Bertz CT molecular complexity index is 524. The number of hydrogen-bond donors (Lipinski definition) is 1. The predicted molar refractivity (Wildman–Crippen MR) is 61.9 cm³/mol. The van der Waals surface area contributed by atoms with E-state index in [1.807, 2.05) is 14.0 Å². The summed E-state index contributed by atoms with van der Waals surface area (Å²) in [6.45, 7) is 3.62. The van der Waals surface area contributed by atoms with Gasteiger partial charge in [0.1, 0.15) is 5.82 Å². The maximum atomic E-state index is 13.1. The molecule has 90 valence electrons. The molecule has 0 spiro atoms. The lowest BCUT2D eigenvalue weighted by atomic mass is 10.1. The Labute approximate surface area is 98.9 Å². The third-order valence-electron chi connectivity index (χ3n) is 2.65. The molecule has 4 nitrogen and oxygen atoms in total. The van der Waals surface area contributed by atoms with E-state index in [2.05, 4.69) is 15.5 Å². The minimum atomic E-state index is -0.239. The second kappa shape index (κ2) is 4.63. The summed E-state index contributed by atoms with van der Waals surface area (Å²) in [6, 6.07) is 4.72. The molecule has 5 heteroatoms.